The van der Waals surface area contributed by atoms with Crippen molar-refractivity contribution in [2.75, 3.05) is 25.0 Å². The summed E-state index contributed by atoms with van der Waals surface area (Å²) in [5.74, 6) is -0.686. The van der Waals surface area contributed by atoms with Crippen LogP contribution in [0, 0.1) is 5.82 Å². The highest BCUT2D eigenvalue weighted by Gasteiger charge is 2.33. The van der Waals surface area contributed by atoms with Crippen molar-refractivity contribution in [3.8, 4) is 0 Å². The van der Waals surface area contributed by atoms with Gasteiger partial charge in [0.15, 0.2) is 0 Å². The van der Waals surface area contributed by atoms with Crippen molar-refractivity contribution in [3.05, 3.63) is 89.0 Å². The predicted molar refractivity (Wildman–Crippen MR) is 127 cm³/mol. The number of carbonyl (C=O) groups excluding carboxylic acids is 2. The van der Waals surface area contributed by atoms with Crippen LogP contribution < -0.4 is 5.32 Å². The molecule has 0 radical (unpaired) electrons. The lowest BCUT2D eigenvalue weighted by molar-refractivity contribution is -0.134. The minimum Gasteiger partial charge on any atom is -0.348 e. The quantitative estimate of drug-likeness (QED) is 0.543. The number of nitrogens with one attached hydrogen (secondary N) is 1. The molecule has 1 unspecified atom stereocenters. The molecule has 1 atom stereocenters. The van der Waals surface area contributed by atoms with E-state index in [4.69, 9.17) is 11.6 Å². The summed E-state index contributed by atoms with van der Waals surface area (Å²) in [7, 11) is 0. The Morgan fingerprint density at radius 1 is 1.12 bits per heavy atom. The lowest BCUT2D eigenvalue weighted by Crippen LogP contribution is -2.48. The Hall–Kier alpha value is -3.32. The number of fused-ring (bicyclic) bond motifs is 1. The van der Waals surface area contributed by atoms with E-state index in [1.807, 2.05) is 60.5 Å². The van der Waals surface area contributed by atoms with Gasteiger partial charge in [-0.25, -0.2) is 9.18 Å². The number of aromatic nitrogens is 1. The summed E-state index contributed by atoms with van der Waals surface area (Å²) in [5, 5.41) is 2.64. The van der Waals surface area contributed by atoms with E-state index in [1.54, 1.807) is 0 Å². The number of carbonyl (C=O) groups is 2. The Morgan fingerprint density at radius 2 is 1.91 bits per heavy atom. The van der Waals surface area contributed by atoms with Crippen LogP contribution in [0.25, 0.3) is 0 Å². The Kier molecular flexibility index (Phi) is 6.99. The van der Waals surface area contributed by atoms with Crippen molar-refractivity contribution in [2.45, 2.75) is 25.9 Å². The van der Waals surface area contributed by atoms with Crippen LogP contribution in [-0.2, 0) is 11.3 Å². The van der Waals surface area contributed by atoms with Gasteiger partial charge >= 0.3 is 6.03 Å². The molecule has 1 aromatic heterocycles. The molecule has 172 valence electrons. The first kappa shape index (κ1) is 22.9. The van der Waals surface area contributed by atoms with Crippen molar-refractivity contribution in [2.24, 2.45) is 0 Å². The maximum absolute atomic E-state index is 13.5. The standard InChI is InChI=1S/C25H26ClFN4O2/c1-2-12-30(25(33)28-19-10-11-21(27)20(26)16-19)17-23(32)31-15-14-29-13-6-9-22(29)24(31)18-7-4-3-5-8-18/h3-11,13,16,24H,2,12,14-15,17H2,1H3,(H,28,33). The Balaban J connectivity index is 1.53. The summed E-state index contributed by atoms with van der Waals surface area (Å²) in [5.41, 5.74) is 2.45. The monoisotopic (exact) mass is 468 g/mol. The molecule has 0 spiro atoms. The fourth-order valence-electron chi connectivity index (χ4n) is 4.19. The number of amides is 3. The number of rotatable bonds is 6. The Bertz CT molecular complexity index is 1130. The van der Waals surface area contributed by atoms with Crippen LogP contribution in [0.1, 0.15) is 30.6 Å². The molecule has 0 fully saturated rings. The lowest BCUT2D eigenvalue weighted by Gasteiger charge is -2.38. The molecule has 8 heteroatoms. The average Bonchev–Trinajstić information content (AvgIpc) is 3.30. The molecule has 6 nitrogen and oxygen atoms in total. The van der Waals surface area contributed by atoms with Gasteiger partial charge in [0.05, 0.1) is 11.1 Å². The van der Waals surface area contributed by atoms with Gasteiger partial charge in [-0.15, -0.1) is 0 Å². The van der Waals surface area contributed by atoms with E-state index >= 15 is 0 Å². The van der Waals surface area contributed by atoms with E-state index < -0.39 is 11.8 Å². The van der Waals surface area contributed by atoms with E-state index in [1.165, 1.54) is 23.1 Å². The highest BCUT2D eigenvalue weighted by molar-refractivity contribution is 6.31. The third-order valence-electron chi connectivity index (χ3n) is 5.75. The van der Waals surface area contributed by atoms with E-state index in [-0.39, 0.29) is 23.5 Å². The van der Waals surface area contributed by atoms with Gasteiger partial charge in [0, 0.05) is 37.2 Å². The van der Waals surface area contributed by atoms with Crippen LogP contribution in [0.4, 0.5) is 14.9 Å². The summed E-state index contributed by atoms with van der Waals surface area (Å²) in [6, 6.07) is 17.3. The second kappa shape index (κ2) is 10.1. The fourth-order valence-corrected chi connectivity index (χ4v) is 4.37. The van der Waals surface area contributed by atoms with Gasteiger partial charge in [-0.05, 0) is 42.3 Å². The number of hydrogen-bond acceptors (Lipinski definition) is 2. The maximum Gasteiger partial charge on any atom is 0.322 e. The largest absolute Gasteiger partial charge is 0.348 e. The van der Waals surface area contributed by atoms with Crippen molar-refractivity contribution in [3.63, 3.8) is 0 Å². The molecule has 0 saturated carbocycles. The molecule has 1 aliphatic heterocycles. The zero-order valence-corrected chi connectivity index (χ0v) is 19.1. The summed E-state index contributed by atoms with van der Waals surface area (Å²) in [4.78, 5) is 29.7. The average molecular weight is 469 g/mol. The predicted octanol–water partition coefficient (Wildman–Crippen LogP) is 5.16. The molecule has 2 aromatic carbocycles. The molecule has 33 heavy (non-hydrogen) atoms. The van der Waals surface area contributed by atoms with E-state index in [0.29, 0.717) is 31.7 Å². The van der Waals surface area contributed by atoms with Gasteiger partial charge in [-0.2, -0.15) is 0 Å². The third-order valence-corrected chi connectivity index (χ3v) is 6.04. The Morgan fingerprint density at radius 3 is 2.64 bits per heavy atom. The van der Waals surface area contributed by atoms with Crippen molar-refractivity contribution in [1.29, 1.82) is 0 Å². The van der Waals surface area contributed by atoms with Crippen LogP contribution in [0.5, 0.6) is 0 Å². The van der Waals surface area contributed by atoms with Gasteiger partial charge in [0.2, 0.25) is 5.91 Å². The van der Waals surface area contributed by atoms with Crippen LogP contribution in [0.3, 0.4) is 0 Å². The van der Waals surface area contributed by atoms with Gasteiger partial charge in [0.1, 0.15) is 12.4 Å². The topological polar surface area (TPSA) is 57.6 Å². The molecule has 3 amide bonds. The minimum atomic E-state index is -0.558. The van der Waals surface area contributed by atoms with Crippen molar-refractivity contribution < 1.29 is 14.0 Å². The number of nitrogens with zero attached hydrogens (tertiary/aromatic N) is 3. The van der Waals surface area contributed by atoms with Gasteiger partial charge < -0.3 is 19.7 Å². The first-order chi connectivity index (χ1) is 16.0. The van der Waals surface area contributed by atoms with Crippen LogP contribution >= 0.6 is 11.6 Å². The number of hydrogen-bond donors (Lipinski definition) is 1. The fraction of sp³-hybridized carbons (Fsp3) is 0.280. The first-order valence-electron chi connectivity index (χ1n) is 11.0. The van der Waals surface area contributed by atoms with Crippen molar-refractivity contribution in [1.82, 2.24) is 14.4 Å². The third kappa shape index (κ3) is 5.03. The second-order valence-corrected chi connectivity index (χ2v) is 8.41. The van der Waals surface area contributed by atoms with E-state index in [9.17, 15) is 14.0 Å². The van der Waals surface area contributed by atoms with Crippen LogP contribution in [0.15, 0.2) is 66.9 Å². The number of urea groups is 1. The molecule has 4 rings (SSSR count). The second-order valence-electron chi connectivity index (χ2n) is 8.01. The van der Waals surface area contributed by atoms with Gasteiger partial charge in [-0.3, -0.25) is 4.79 Å². The minimum absolute atomic E-state index is 0.0569. The van der Waals surface area contributed by atoms with Crippen molar-refractivity contribution >= 4 is 29.2 Å². The number of halogens is 2. The Labute approximate surface area is 197 Å². The first-order valence-corrected chi connectivity index (χ1v) is 11.4. The normalized spacial score (nSPS) is 15.1. The lowest BCUT2D eigenvalue weighted by atomic mass is 10.00. The van der Waals surface area contributed by atoms with Gasteiger partial charge in [-0.1, -0.05) is 48.9 Å². The molecule has 2 heterocycles. The van der Waals surface area contributed by atoms with Gasteiger partial charge in [0.25, 0.3) is 0 Å². The number of benzene rings is 2. The zero-order valence-electron chi connectivity index (χ0n) is 18.4. The summed E-state index contributed by atoms with van der Waals surface area (Å²) in [6.07, 6.45) is 2.72. The van der Waals surface area contributed by atoms with E-state index in [0.717, 1.165) is 11.3 Å². The molecule has 0 aliphatic carbocycles. The summed E-state index contributed by atoms with van der Waals surface area (Å²) in [6.45, 7) is 3.55. The molecule has 1 N–H and O–H groups in total. The summed E-state index contributed by atoms with van der Waals surface area (Å²) < 4.78 is 15.6. The van der Waals surface area contributed by atoms with E-state index in [2.05, 4.69) is 9.88 Å². The SMILES string of the molecule is CCCN(CC(=O)N1CCn2cccc2C1c1ccccc1)C(=O)Nc1ccc(F)c(Cl)c1. The molecule has 3 aromatic rings. The molecule has 1 aliphatic rings. The zero-order chi connectivity index (χ0) is 23.4. The maximum atomic E-state index is 13.5. The molecule has 0 bridgehead atoms. The smallest absolute Gasteiger partial charge is 0.322 e. The molecule has 0 saturated heterocycles. The van der Waals surface area contributed by atoms with Crippen LogP contribution in [-0.4, -0.2) is 45.9 Å². The summed E-state index contributed by atoms with van der Waals surface area (Å²) >= 11 is 5.83. The molecular formula is C25H26ClFN4O2. The highest BCUT2D eigenvalue weighted by Crippen LogP contribution is 2.32. The number of anilines is 1. The highest BCUT2D eigenvalue weighted by atomic mass is 35.5. The van der Waals surface area contributed by atoms with Crippen LogP contribution in [0.2, 0.25) is 5.02 Å². The molecular weight excluding hydrogens is 443 g/mol.